The first-order chi connectivity index (χ1) is 10.7. The summed E-state index contributed by atoms with van der Waals surface area (Å²) in [5, 5.41) is 0.280. The normalized spacial score (nSPS) is 22.4. The molecule has 1 aromatic rings. The zero-order chi connectivity index (χ0) is 16.9. The van der Waals surface area contributed by atoms with Crippen molar-refractivity contribution in [3.05, 3.63) is 34.2 Å². The lowest BCUT2D eigenvalue weighted by Gasteiger charge is -2.43. The Morgan fingerprint density at radius 1 is 1.35 bits per heavy atom. The Morgan fingerprint density at radius 2 is 2.04 bits per heavy atom. The molecule has 2 heterocycles. The Kier molecular flexibility index (Phi) is 4.58. The molecule has 3 rings (SSSR count). The summed E-state index contributed by atoms with van der Waals surface area (Å²) in [5.41, 5.74) is 5.16. The van der Waals surface area contributed by atoms with Crippen LogP contribution in [-0.4, -0.2) is 22.3 Å². The van der Waals surface area contributed by atoms with Gasteiger partial charge in [0.1, 0.15) is 0 Å². The molecule has 2 nitrogen and oxygen atoms in total. The number of carbonyl (C=O) groups is 1. The highest BCUT2D eigenvalue weighted by Gasteiger charge is 2.44. The lowest BCUT2D eigenvalue weighted by molar-refractivity contribution is -0.113. The van der Waals surface area contributed by atoms with Crippen molar-refractivity contribution in [2.45, 2.75) is 44.7 Å². The van der Waals surface area contributed by atoms with E-state index in [0.717, 1.165) is 0 Å². The van der Waals surface area contributed by atoms with E-state index in [9.17, 15) is 4.79 Å². The molecule has 0 N–H and O–H groups in total. The number of rotatable bonds is 2. The molecule has 2 aliphatic heterocycles. The van der Waals surface area contributed by atoms with Crippen molar-refractivity contribution in [1.29, 1.82) is 0 Å². The molecule has 124 valence electrons. The van der Waals surface area contributed by atoms with Gasteiger partial charge in [-0.25, -0.2) is 0 Å². The zero-order valence-electron chi connectivity index (χ0n) is 14.5. The van der Waals surface area contributed by atoms with E-state index in [2.05, 4.69) is 50.9 Å². The van der Waals surface area contributed by atoms with Crippen molar-refractivity contribution < 1.29 is 4.79 Å². The molecule has 0 aromatic heterocycles. The standard InChI is InChI=1S/C18H23NOS3/c1-10(2)16(20)21-17-14-12-9-11(3)7-8-13(12)19(6)18(4,5)15(14)22-23-17/h7-10,17H,1-6H3. The molecule has 5 heteroatoms. The second kappa shape index (κ2) is 6.08. The van der Waals surface area contributed by atoms with Gasteiger partial charge in [-0.1, -0.05) is 58.8 Å². The number of thioether (sulfide) groups is 1. The largest absolute Gasteiger partial charge is 0.364 e. The molecule has 2 aliphatic rings. The van der Waals surface area contributed by atoms with Gasteiger partial charge in [0.2, 0.25) is 0 Å². The van der Waals surface area contributed by atoms with Gasteiger partial charge in [0.15, 0.2) is 5.12 Å². The van der Waals surface area contributed by atoms with Crippen LogP contribution in [0, 0.1) is 12.8 Å². The number of hydrogen-bond acceptors (Lipinski definition) is 5. The molecule has 0 bridgehead atoms. The van der Waals surface area contributed by atoms with Gasteiger partial charge in [0.05, 0.1) is 10.1 Å². The molecule has 1 aromatic carbocycles. The first-order valence-corrected chi connectivity index (χ1v) is 11.0. The predicted molar refractivity (Wildman–Crippen MR) is 107 cm³/mol. The van der Waals surface area contributed by atoms with E-state index in [1.165, 1.54) is 39.1 Å². The molecule has 1 atom stereocenters. The van der Waals surface area contributed by atoms with E-state index in [0.29, 0.717) is 0 Å². The highest BCUT2D eigenvalue weighted by atomic mass is 33.1. The van der Waals surface area contributed by atoms with Crippen molar-refractivity contribution in [2.24, 2.45) is 5.92 Å². The lowest BCUT2D eigenvalue weighted by atomic mass is 9.88. The molecule has 0 saturated heterocycles. The van der Waals surface area contributed by atoms with Crippen LogP contribution >= 0.6 is 33.3 Å². The van der Waals surface area contributed by atoms with Crippen LogP contribution in [0.2, 0.25) is 0 Å². The van der Waals surface area contributed by atoms with E-state index in [1.807, 2.05) is 35.4 Å². The first-order valence-electron chi connectivity index (χ1n) is 7.86. The number of nitrogens with zero attached hydrogens (tertiary/aromatic N) is 1. The van der Waals surface area contributed by atoms with Crippen molar-refractivity contribution in [3.63, 3.8) is 0 Å². The number of aryl methyl sites for hydroxylation is 1. The van der Waals surface area contributed by atoms with Gasteiger partial charge >= 0.3 is 0 Å². The molecule has 0 radical (unpaired) electrons. The highest BCUT2D eigenvalue weighted by molar-refractivity contribution is 8.80. The van der Waals surface area contributed by atoms with E-state index >= 15 is 0 Å². The summed E-state index contributed by atoms with van der Waals surface area (Å²) in [4.78, 5) is 16.1. The van der Waals surface area contributed by atoms with E-state index < -0.39 is 0 Å². The molecule has 0 fully saturated rings. The lowest BCUT2D eigenvalue weighted by Crippen LogP contribution is -2.45. The van der Waals surface area contributed by atoms with E-state index in [1.54, 1.807) is 0 Å². The second-order valence-electron chi connectivity index (χ2n) is 6.98. The molecular weight excluding hydrogens is 342 g/mol. The second-order valence-corrected chi connectivity index (χ2v) is 10.7. The molecule has 1 unspecified atom stereocenters. The van der Waals surface area contributed by atoms with Gasteiger partial charge in [0.25, 0.3) is 0 Å². The van der Waals surface area contributed by atoms with Crippen molar-refractivity contribution in [2.75, 3.05) is 11.9 Å². The fraction of sp³-hybridized carbons (Fsp3) is 0.500. The van der Waals surface area contributed by atoms with Gasteiger partial charge in [-0.2, -0.15) is 0 Å². The van der Waals surface area contributed by atoms with Gasteiger partial charge in [-0.3, -0.25) is 4.79 Å². The number of likely N-dealkylation sites (N-methyl/N-ethyl adjacent to an activating group) is 1. The average molecular weight is 366 g/mol. The van der Waals surface area contributed by atoms with Crippen LogP contribution in [0.3, 0.4) is 0 Å². The number of carbonyl (C=O) groups excluding carboxylic acids is 1. The van der Waals surface area contributed by atoms with Crippen LogP contribution in [0.1, 0.15) is 38.8 Å². The Hall–Kier alpha value is -0.520. The van der Waals surface area contributed by atoms with Crippen LogP contribution in [-0.2, 0) is 4.79 Å². The van der Waals surface area contributed by atoms with Crippen LogP contribution < -0.4 is 4.90 Å². The number of fused-ring (bicyclic) bond motifs is 2. The molecule has 23 heavy (non-hydrogen) atoms. The van der Waals surface area contributed by atoms with Gasteiger partial charge in [-0.05, 0) is 38.5 Å². The zero-order valence-corrected chi connectivity index (χ0v) is 16.9. The first kappa shape index (κ1) is 17.3. The van der Waals surface area contributed by atoms with Gasteiger partial charge in [-0.15, -0.1) is 0 Å². The Morgan fingerprint density at radius 3 is 2.70 bits per heavy atom. The number of anilines is 1. The van der Waals surface area contributed by atoms with Crippen molar-refractivity contribution >= 4 is 49.7 Å². The van der Waals surface area contributed by atoms with Crippen LogP contribution in [0.25, 0.3) is 5.57 Å². The molecular formula is C18H23NOS3. The SMILES string of the molecule is Cc1ccc2c(c1)C1=C(SSC1SC(=O)C(C)C)C(C)(C)N2C. The number of hydrogen-bond donors (Lipinski definition) is 0. The summed E-state index contributed by atoms with van der Waals surface area (Å²) in [7, 11) is 5.84. The maximum Gasteiger partial charge on any atom is 0.192 e. The van der Waals surface area contributed by atoms with E-state index in [4.69, 9.17) is 0 Å². The summed E-state index contributed by atoms with van der Waals surface area (Å²) >= 11 is 1.50. The molecule has 0 amide bonds. The Labute approximate surface area is 151 Å². The topological polar surface area (TPSA) is 20.3 Å². The Balaban J connectivity index is 2.10. The maximum absolute atomic E-state index is 12.3. The van der Waals surface area contributed by atoms with Crippen LogP contribution in [0.15, 0.2) is 23.1 Å². The van der Waals surface area contributed by atoms with Gasteiger partial charge < -0.3 is 4.90 Å². The minimum atomic E-state index is -0.0363. The van der Waals surface area contributed by atoms with Crippen molar-refractivity contribution in [3.8, 4) is 0 Å². The minimum Gasteiger partial charge on any atom is -0.364 e. The van der Waals surface area contributed by atoms with Crippen molar-refractivity contribution in [1.82, 2.24) is 0 Å². The third kappa shape index (κ3) is 2.85. The quantitative estimate of drug-likeness (QED) is 0.636. The Bertz CT molecular complexity index is 694. The average Bonchev–Trinajstić information content (AvgIpc) is 2.89. The summed E-state index contributed by atoms with van der Waals surface area (Å²) < 4.78 is 0.193. The maximum atomic E-state index is 12.3. The molecule has 0 saturated carbocycles. The smallest absolute Gasteiger partial charge is 0.192 e. The minimum absolute atomic E-state index is 0.0363. The summed E-state index contributed by atoms with van der Waals surface area (Å²) in [6.45, 7) is 10.6. The molecule has 0 aliphatic carbocycles. The van der Waals surface area contributed by atoms with Crippen LogP contribution in [0.5, 0.6) is 0 Å². The van der Waals surface area contributed by atoms with Crippen LogP contribution in [0.4, 0.5) is 5.69 Å². The summed E-state index contributed by atoms with van der Waals surface area (Å²) in [6, 6.07) is 6.67. The monoisotopic (exact) mass is 365 g/mol. The predicted octanol–water partition coefficient (Wildman–Crippen LogP) is 5.57. The van der Waals surface area contributed by atoms with E-state index in [-0.39, 0.29) is 21.2 Å². The fourth-order valence-corrected chi connectivity index (χ4v) is 7.95. The number of benzene rings is 1. The summed E-state index contributed by atoms with van der Waals surface area (Å²) in [6.07, 6.45) is 0. The molecule has 0 spiro atoms. The van der Waals surface area contributed by atoms with Gasteiger partial charge in [0, 0.05) is 29.1 Å². The summed E-state index contributed by atoms with van der Waals surface area (Å²) in [5.74, 6) is 0.0755. The third-order valence-electron chi connectivity index (χ3n) is 4.59. The fourth-order valence-electron chi connectivity index (χ4n) is 2.90. The highest BCUT2D eigenvalue weighted by Crippen LogP contribution is 2.62. The third-order valence-corrected chi connectivity index (χ3v) is 9.45.